The molecule has 4 rings (SSSR count). The Balaban J connectivity index is 1.60. The van der Waals surface area contributed by atoms with Gasteiger partial charge in [0.2, 0.25) is 0 Å². The number of benzene rings is 2. The average Bonchev–Trinajstić information content (AvgIpc) is 3.04. The van der Waals surface area contributed by atoms with E-state index in [2.05, 4.69) is 42.5 Å². The van der Waals surface area contributed by atoms with Crippen molar-refractivity contribution in [2.75, 3.05) is 11.9 Å². The van der Waals surface area contributed by atoms with Crippen LogP contribution >= 0.6 is 0 Å². The predicted molar refractivity (Wildman–Crippen MR) is 104 cm³/mol. The van der Waals surface area contributed by atoms with Crippen molar-refractivity contribution in [3.05, 3.63) is 83.4 Å². The maximum Gasteiger partial charge on any atom is 0.123 e. The Morgan fingerprint density at radius 2 is 1.85 bits per heavy atom. The van der Waals surface area contributed by atoms with Gasteiger partial charge in [-0.2, -0.15) is 5.10 Å². The average molecular weight is 347 g/mol. The first kappa shape index (κ1) is 16.6. The minimum absolute atomic E-state index is 0.0273. The van der Waals surface area contributed by atoms with Gasteiger partial charge in [-0.3, -0.25) is 0 Å². The summed E-state index contributed by atoms with van der Waals surface area (Å²) < 4.78 is 15.1. The Morgan fingerprint density at radius 3 is 2.58 bits per heavy atom. The van der Waals surface area contributed by atoms with Crippen molar-refractivity contribution >= 4 is 11.8 Å². The van der Waals surface area contributed by atoms with Gasteiger partial charge in [0.05, 0.1) is 17.6 Å². The molecule has 3 aromatic rings. The van der Waals surface area contributed by atoms with E-state index in [9.17, 15) is 4.39 Å². The maximum absolute atomic E-state index is 13.2. The van der Waals surface area contributed by atoms with E-state index in [-0.39, 0.29) is 11.2 Å². The molecule has 0 radical (unpaired) electrons. The molecule has 4 heteroatoms. The molecule has 0 bridgehead atoms. The largest absolute Gasteiger partial charge is 0.384 e. The molecule has 1 atom stereocenters. The van der Waals surface area contributed by atoms with E-state index >= 15 is 0 Å². The van der Waals surface area contributed by atoms with Crippen LogP contribution in [-0.2, 0) is 6.42 Å². The van der Waals surface area contributed by atoms with Crippen LogP contribution in [0.1, 0.15) is 25.1 Å². The molecule has 0 spiro atoms. The van der Waals surface area contributed by atoms with Gasteiger partial charge in [0.1, 0.15) is 5.82 Å². The summed E-state index contributed by atoms with van der Waals surface area (Å²) in [7, 11) is 0. The lowest BCUT2D eigenvalue weighted by molar-refractivity contribution is 0.418. The Hall–Kier alpha value is -2.88. The molecule has 0 aliphatic heterocycles. The molecule has 2 aromatic carbocycles. The molecule has 0 fully saturated rings. The standard InChI is InChI=1S/C22H22FN3/c1-16-12-21-17(14-25-26(21)20-10-8-18(23)9-11-20)13-22(16,2)15-24-19-6-4-3-5-7-19/h3-12,14,24H,13,15H2,1-2H3. The van der Waals surface area contributed by atoms with E-state index in [1.54, 1.807) is 12.1 Å². The maximum atomic E-state index is 13.2. The van der Waals surface area contributed by atoms with E-state index in [0.29, 0.717) is 0 Å². The topological polar surface area (TPSA) is 29.9 Å². The molecule has 1 aromatic heterocycles. The highest BCUT2D eigenvalue weighted by Gasteiger charge is 2.32. The van der Waals surface area contributed by atoms with Crippen molar-refractivity contribution in [2.45, 2.75) is 20.3 Å². The lowest BCUT2D eigenvalue weighted by atomic mass is 9.74. The van der Waals surface area contributed by atoms with E-state index < -0.39 is 0 Å². The van der Waals surface area contributed by atoms with Gasteiger partial charge in [0, 0.05) is 17.6 Å². The minimum atomic E-state index is -0.235. The number of anilines is 1. The van der Waals surface area contributed by atoms with E-state index in [1.807, 2.05) is 29.1 Å². The first-order chi connectivity index (χ1) is 12.5. The molecule has 132 valence electrons. The van der Waals surface area contributed by atoms with Crippen molar-refractivity contribution in [1.29, 1.82) is 0 Å². The fourth-order valence-corrected chi connectivity index (χ4v) is 3.46. The first-order valence-electron chi connectivity index (χ1n) is 8.86. The van der Waals surface area contributed by atoms with Crippen molar-refractivity contribution in [3.8, 4) is 5.69 Å². The molecule has 1 aliphatic rings. The quantitative estimate of drug-likeness (QED) is 0.712. The van der Waals surface area contributed by atoms with E-state index in [0.717, 1.165) is 30.0 Å². The van der Waals surface area contributed by atoms with Gasteiger partial charge in [0.25, 0.3) is 0 Å². The van der Waals surface area contributed by atoms with Crippen molar-refractivity contribution in [3.63, 3.8) is 0 Å². The fraction of sp³-hybridized carbons (Fsp3) is 0.227. The van der Waals surface area contributed by atoms with Gasteiger partial charge in [-0.25, -0.2) is 9.07 Å². The second-order valence-electron chi connectivity index (χ2n) is 7.23. The van der Waals surface area contributed by atoms with Crippen LogP contribution in [0.2, 0.25) is 0 Å². The van der Waals surface area contributed by atoms with Gasteiger partial charge in [-0.15, -0.1) is 0 Å². The molecule has 1 heterocycles. The van der Waals surface area contributed by atoms with Gasteiger partial charge < -0.3 is 5.32 Å². The highest BCUT2D eigenvalue weighted by molar-refractivity contribution is 5.61. The zero-order valence-electron chi connectivity index (χ0n) is 15.0. The molecule has 1 aliphatic carbocycles. The zero-order valence-corrected chi connectivity index (χ0v) is 15.0. The SMILES string of the molecule is CC1=Cc2c(cnn2-c2ccc(F)cc2)CC1(C)CNc1ccccc1. The molecule has 26 heavy (non-hydrogen) atoms. The lowest BCUT2D eigenvalue weighted by Gasteiger charge is -2.34. The lowest BCUT2D eigenvalue weighted by Crippen LogP contribution is -2.32. The van der Waals surface area contributed by atoms with Gasteiger partial charge >= 0.3 is 0 Å². The number of nitrogens with one attached hydrogen (secondary N) is 1. The molecule has 1 unspecified atom stereocenters. The van der Waals surface area contributed by atoms with Crippen LogP contribution < -0.4 is 5.32 Å². The van der Waals surface area contributed by atoms with E-state index in [4.69, 9.17) is 0 Å². The second kappa shape index (κ2) is 6.45. The van der Waals surface area contributed by atoms with Crippen LogP contribution in [0.25, 0.3) is 11.8 Å². The Kier molecular flexibility index (Phi) is 4.11. The number of rotatable bonds is 4. The van der Waals surface area contributed by atoms with Crippen LogP contribution in [0.15, 0.2) is 66.4 Å². The normalized spacial score (nSPS) is 19.0. The summed E-state index contributed by atoms with van der Waals surface area (Å²) >= 11 is 0. The predicted octanol–water partition coefficient (Wildman–Crippen LogP) is 5.09. The summed E-state index contributed by atoms with van der Waals surface area (Å²) in [4.78, 5) is 0. The Labute approximate surface area is 153 Å². The van der Waals surface area contributed by atoms with Crippen LogP contribution in [-0.4, -0.2) is 16.3 Å². The number of halogens is 1. The molecular formula is C22H22FN3. The van der Waals surface area contributed by atoms with Crippen LogP contribution in [0, 0.1) is 11.2 Å². The number of aromatic nitrogens is 2. The summed E-state index contributed by atoms with van der Waals surface area (Å²) in [6.07, 6.45) is 5.07. The number of hydrogen-bond donors (Lipinski definition) is 1. The smallest absolute Gasteiger partial charge is 0.123 e. The van der Waals surface area contributed by atoms with E-state index in [1.165, 1.54) is 23.3 Å². The number of nitrogens with zero attached hydrogens (tertiary/aromatic N) is 2. The third-order valence-electron chi connectivity index (χ3n) is 5.30. The third kappa shape index (κ3) is 3.03. The summed E-state index contributed by atoms with van der Waals surface area (Å²) in [6, 6.07) is 16.7. The Morgan fingerprint density at radius 1 is 1.12 bits per heavy atom. The molecule has 0 saturated carbocycles. The third-order valence-corrected chi connectivity index (χ3v) is 5.30. The zero-order chi connectivity index (χ0) is 18.1. The number of fused-ring (bicyclic) bond motifs is 1. The summed E-state index contributed by atoms with van der Waals surface area (Å²) in [6.45, 7) is 5.32. The molecule has 0 amide bonds. The van der Waals surface area contributed by atoms with Crippen LogP contribution in [0.5, 0.6) is 0 Å². The highest BCUT2D eigenvalue weighted by atomic mass is 19.1. The molecular weight excluding hydrogens is 325 g/mol. The number of para-hydroxylation sites is 1. The van der Waals surface area contributed by atoms with Crippen molar-refractivity contribution < 1.29 is 4.39 Å². The fourth-order valence-electron chi connectivity index (χ4n) is 3.46. The van der Waals surface area contributed by atoms with Crippen LogP contribution in [0.3, 0.4) is 0 Å². The number of hydrogen-bond acceptors (Lipinski definition) is 2. The van der Waals surface area contributed by atoms with Gasteiger partial charge in [0.15, 0.2) is 0 Å². The molecule has 3 nitrogen and oxygen atoms in total. The summed E-state index contributed by atoms with van der Waals surface area (Å²) in [5.41, 5.74) is 5.66. The molecule has 1 N–H and O–H groups in total. The van der Waals surface area contributed by atoms with Crippen molar-refractivity contribution in [1.82, 2.24) is 9.78 Å². The van der Waals surface area contributed by atoms with Crippen molar-refractivity contribution in [2.24, 2.45) is 5.41 Å². The minimum Gasteiger partial charge on any atom is -0.384 e. The second-order valence-corrected chi connectivity index (χ2v) is 7.23. The monoisotopic (exact) mass is 347 g/mol. The Bertz CT molecular complexity index is 941. The molecule has 0 saturated heterocycles. The highest BCUT2D eigenvalue weighted by Crippen LogP contribution is 2.39. The van der Waals surface area contributed by atoms with Gasteiger partial charge in [-0.05, 0) is 61.4 Å². The van der Waals surface area contributed by atoms with Gasteiger partial charge in [-0.1, -0.05) is 30.7 Å². The van der Waals surface area contributed by atoms with Crippen LogP contribution in [0.4, 0.5) is 10.1 Å². The first-order valence-corrected chi connectivity index (χ1v) is 8.86. The summed E-state index contributed by atoms with van der Waals surface area (Å²) in [5, 5.41) is 8.10. The summed E-state index contributed by atoms with van der Waals surface area (Å²) in [5.74, 6) is -0.235.